The topological polar surface area (TPSA) is 29.3 Å². The first-order valence-corrected chi connectivity index (χ1v) is 9.29. The minimum atomic E-state index is 0.275. The summed E-state index contributed by atoms with van der Waals surface area (Å²) in [5, 5.41) is 0. The Morgan fingerprint density at radius 3 is 2.86 bits per heavy atom. The average Bonchev–Trinajstić information content (AvgIpc) is 2.91. The Balaban J connectivity index is 1.76. The molecule has 0 bridgehead atoms. The summed E-state index contributed by atoms with van der Waals surface area (Å²) >= 11 is 3.80. The van der Waals surface area contributed by atoms with E-state index in [2.05, 4.69) is 46.0 Å². The highest BCUT2D eigenvalue weighted by molar-refractivity contribution is 9.10. The monoisotopic (exact) mass is 350 g/mol. The van der Waals surface area contributed by atoms with Crippen LogP contribution in [0.3, 0.4) is 0 Å². The molecule has 3 atom stereocenters. The van der Waals surface area contributed by atoms with Gasteiger partial charge in [0.15, 0.2) is 0 Å². The van der Waals surface area contributed by atoms with Crippen LogP contribution in [0.2, 0.25) is 0 Å². The average molecular weight is 351 g/mol. The summed E-state index contributed by atoms with van der Waals surface area (Å²) < 4.78 is 1.24. The van der Waals surface area contributed by atoms with Gasteiger partial charge in [0.25, 0.3) is 0 Å². The van der Waals surface area contributed by atoms with Crippen LogP contribution in [0.25, 0.3) is 0 Å². The van der Waals surface area contributed by atoms with Crippen molar-refractivity contribution in [2.24, 2.45) is 11.7 Å². The molecule has 3 heteroatoms. The Kier molecular flexibility index (Phi) is 4.90. The third-order valence-corrected chi connectivity index (χ3v) is 5.99. The third kappa shape index (κ3) is 3.29. The van der Waals surface area contributed by atoms with Crippen molar-refractivity contribution in [3.63, 3.8) is 0 Å². The predicted octanol–water partition coefficient (Wildman–Crippen LogP) is 4.50. The summed E-state index contributed by atoms with van der Waals surface area (Å²) in [5.41, 5.74) is 8.81. The highest BCUT2D eigenvalue weighted by Crippen LogP contribution is 2.41. The molecule has 116 valence electrons. The van der Waals surface area contributed by atoms with Gasteiger partial charge >= 0.3 is 0 Å². The third-order valence-electron chi connectivity index (χ3n) is 5.35. The van der Waals surface area contributed by atoms with Crippen molar-refractivity contribution >= 4 is 21.6 Å². The van der Waals surface area contributed by atoms with Crippen molar-refractivity contribution in [3.8, 4) is 0 Å². The van der Waals surface area contributed by atoms with E-state index in [0.717, 1.165) is 24.8 Å². The number of hydrogen-bond donors (Lipinski definition) is 1. The fraction of sp³-hybridized carbons (Fsp3) is 0.667. The van der Waals surface area contributed by atoms with Gasteiger partial charge < -0.3 is 10.6 Å². The van der Waals surface area contributed by atoms with Gasteiger partial charge in [-0.2, -0.15) is 0 Å². The van der Waals surface area contributed by atoms with Crippen LogP contribution in [0.4, 0.5) is 5.69 Å². The molecule has 2 N–H and O–H groups in total. The number of rotatable bonds is 4. The van der Waals surface area contributed by atoms with Crippen LogP contribution in [0.5, 0.6) is 0 Å². The molecule has 1 heterocycles. The van der Waals surface area contributed by atoms with Gasteiger partial charge in [-0.3, -0.25) is 0 Å². The van der Waals surface area contributed by atoms with Crippen LogP contribution in [-0.4, -0.2) is 18.6 Å². The number of nitrogens with two attached hydrogens (primary N) is 1. The van der Waals surface area contributed by atoms with Crippen molar-refractivity contribution < 1.29 is 0 Å². The van der Waals surface area contributed by atoms with E-state index < -0.39 is 0 Å². The highest BCUT2D eigenvalue weighted by Gasteiger charge is 2.36. The zero-order valence-electron chi connectivity index (χ0n) is 13.0. The summed E-state index contributed by atoms with van der Waals surface area (Å²) in [7, 11) is 0. The Labute approximate surface area is 137 Å². The van der Waals surface area contributed by atoms with E-state index in [-0.39, 0.29) is 6.04 Å². The van der Waals surface area contributed by atoms with Gasteiger partial charge in [-0.25, -0.2) is 0 Å². The van der Waals surface area contributed by atoms with Gasteiger partial charge in [-0.1, -0.05) is 25.8 Å². The number of halogens is 1. The molecular formula is C18H27BrN2. The van der Waals surface area contributed by atoms with Crippen LogP contribution in [0.1, 0.15) is 51.0 Å². The zero-order valence-corrected chi connectivity index (χ0v) is 14.6. The molecule has 1 saturated heterocycles. The molecule has 0 amide bonds. The second kappa shape index (κ2) is 6.70. The maximum atomic E-state index is 6.08. The largest absolute Gasteiger partial charge is 0.367 e. The molecule has 1 aliphatic heterocycles. The van der Waals surface area contributed by atoms with Crippen LogP contribution in [0, 0.1) is 5.92 Å². The quantitative estimate of drug-likeness (QED) is 0.866. The van der Waals surface area contributed by atoms with Crippen molar-refractivity contribution in [2.45, 2.75) is 64.0 Å². The first-order valence-electron chi connectivity index (χ1n) is 8.49. The van der Waals surface area contributed by atoms with E-state index in [9.17, 15) is 0 Å². The molecule has 0 spiro atoms. The van der Waals surface area contributed by atoms with Gasteiger partial charge in [0, 0.05) is 23.1 Å². The first kappa shape index (κ1) is 15.4. The van der Waals surface area contributed by atoms with Crippen molar-refractivity contribution in [1.29, 1.82) is 0 Å². The fourth-order valence-corrected chi connectivity index (χ4v) is 4.72. The summed E-state index contributed by atoms with van der Waals surface area (Å²) in [4.78, 5) is 2.65. The lowest BCUT2D eigenvalue weighted by atomic mass is 9.85. The molecule has 2 aliphatic rings. The molecule has 3 rings (SSSR count). The molecule has 0 radical (unpaired) electrons. The summed E-state index contributed by atoms with van der Waals surface area (Å²) in [5.74, 6) is 0.929. The van der Waals surface area contributed by atoms with E-state index in [0.29, 0.717) is 0 Å². The van der Waals surface area contributed by atoms with Gasteiger partial charge in [0.05, 0.1) is 5.69 Å². The number of nitrogens with zero attached hydrogens (tertiary/aromatic N) is 1. The summed E-state index contributed by atoms with van der Waals surface area (Å²) in [6, 6.07) is 7.90. The van der Waals surface area contributed by atoms with Crippen molar-refractivity contribution in [3.05, 3.63) is 28.2 Å². The molecule has 1 saturated carbocycles. The first-order chi connectivity index (χ1) is 10.2. The summed E-state index contributed by atoms with van der Waals surface area (Å²) in [6.45, 7) is 3.38. The smallest absolute Gasteiger partial charge is 0.0513 e. The maximum Gasteiger partial charge on any atom is 0.0513 e. The molecule has 1 aliphatic carbocycles. The molecule has 1 aromatic carbocycles. The highest BCUT2D eigenvalue weighted by atomic mass is 79.9. The van der Waals surface area contributed by atoms with E-state index in [1.165, 1.54) is 54.4 Å². The molecule has 3 unspecified atom stereocenters. The second-order valence-electron chi connectivity index (χ2n) is 6.75. The van der Waals surface area contributed by atoms with Gasteiger partial charge in [-0.05, 0) is 71.6 Å². The number of hydrogen-bond acceptors (Lipinski definition) is 2. The fourth-order valence-electron chi connectivity index (χ4n) is 4.06. The lowest BCUT2D eigenvalue weighted by molar-refractivity contribution is 0.342. The summed E-state index contributed by atoms with van der Waals surface area (Å²) in [6.07, 6.45) is 9.03. The van der Waals surface area contributed by atoms with E-state index in [1.54, 1.807) is 0 Å². The molecule has 0 aromatic heterocycles. The minimum absolute atomic E-state index is 0.275. The van der Waals surface area contributed by atoms with Gasteiger partial charge in [-0.15, -0.1) is 0 Å². The Hall–Kier alpha value is -0.540. The molecule has 1 aromatic rings. The maximum absolute atomic E-state index is 6.08. The molecule has 2 nitrogen and oxygen atoms in total. The Morgan fingerprint density at radius 1 is 1.29 bits per heavy atom. The van der Waals surface area contributed by atoms with Crippen LogP contribution >= 0.6 is 15.9 Å². The van der Waals surface area contributed by atoms with Gasteiger partial charge in [0.2, 0.25) is 0 Å². The van der Waals surface area contributed by atoms with E-state index in [1.807, 2.05) is 0 Å². The predicted molar refractivity (Wildman–Crippen MR) is 93.8 cm³/mol. The molecule has 2 fully saturated rings. The van der Waals surface area contributed by atoms with Gasteiger partial charge in [0.1, 0.15) is 0 Å². The normalized spacial score (nSPS) is 26.7. The molecular weight excluding hydrogens is 324 g/mol. The van der Waals surface area contributed by atoms with Crippen LogP contribution < -0.4 is 10.6 Å². The standard InChI is InChI=1S/C18H27BrN2/c1-2-15(20)11-13-7-8-18(16(19)12-13)21-10-9-14-5-3-4-6-17(14)21/h7-8,12,14-15,17H,2-6,9-11,20H2,1H3. The van der Waals surface area contributed by atoms with Crippen LogP contribution in [0.15, 0.2) is 22.7 Å². The lowest BCUT2D eigenvalue weighted by Crippen LogP contribution is -2.34. The van der Waals surface area contributed by atoms with Crippen molar-refractivity contribution in [1.82, 2.24) is 0 Å². The van der Waals surface area contributed by atoms with E-state index in [4.69, 9.17) is 5.73 Å². The number of fused-ring (bicyclic) bond motifs is 1. The second-order valence-corrected chi connectivity index (χ2v) is 7.61. The molecule has 21 heavy (non-hydrogen) atoms. The number of anilines is 1. The van der Waals surface area contributed by atoms with Crippen molar-refractivity contribution in [2.75, 3.05) is 11.4 Å². The van der Waals surface area contributed by atoms with Crippen LogP contribution in [-0.2, 0) is 6.42 Å². The Morgan fingerprint density at radius 2 is 2.10 bits per heavy atom. The van der Waals surface area contributed by atoms with E-state index >= 15 is 0 Å². The zero-order chi connectivity index (χ0) is 14.8. The lowest BCUT2D eigenvalue weighted by Gasteiger charge is -2.33. The minimum Gasteiger partial charge on any atom is -0.367 e. The Bertz CT molecular complexity index is 488. The number of benzene rings is 1. The SMILES string of the molecule is CCC(N)Cc1ccc(N2CCC3CCCCC32)c(Br)c1.